The van der Waals surface area contributed by atoms with Crippen molar-refractivity contribution in [1.82, 2.24) is 9.97 Å². The summed E-state index contributed by atoms with van der Waals surface area (Å²) in [5.41, 5.74) is 12.2. The zero-order chi connectivity index (χ0) is 26.1. The van der Waals surface area contributed by atoms with Crippen molar-refractivity contribution >= 4 is 40.0 Å². The number of halogens is 2. The number of anilines is 2. The van der Waals surface area contributed by atoms with Crippen LogP contribution in [0.25, 0.3) is 33.2 Å². The second-order valence-corrected chi connectivity index (χ2v) is 9.66. The molecule has 3 heterocycles. The van der Waals surface area contributed by atoms with Gasteiger partial charge in [0, 0.05) is 54.2 Å². The Kier molecular flexibility index (Phi) is 6.95. The Morgan fingerprint density at radius 2 is 1.89 bits per heavy atom. The van der Waals surface area contributed by atoms with Crippen LogP contribution in [0.2, 0.25) is 5.02 Å². The molecule has 2 aromatic heterocycles. The number of carbonyl (C=O) groups is 1. The minimum atomic E-state index is -0.633. The van der Waals surface area contributed by atoms with Crippen molar-refractivity contribution in [2.75, 3.05) is 30.4 Å². The average molecular weight is 520 g/mol. The van der Waals surface area contributed by atoms with Gasteiger partial charge in [-0.3, -0.25) is 15.3 Å². The van der Waals surface area contributed by atoms with Gasteiger partial charge in [0.25, 0.3) is 0 Å². The van der Waals surface area contributed by atoms with E-state index in [1.807, 2.05) is 37.4 Å². The number of hydrogen-bond acceptors (Lipinski definition) is 6. The number of nitrogens with two attached hydrogens (primary N) is 1. The number of aryl methyl sites for hydroxylation is 1. The molecule has 5 rings (SSSR count). The SMILES string of the molecule is COC(=O)Nc1c(Cl)cncc1-c1ccc2ncc(-c3cc(C)cc(F)c3)c(N3CCC(N)CC3)c2c1. The molecule has 1 amide bonds. The third-order valence-corrected chi connectivity index (χ3v) is 6.96. The van der Waals surface area contributed by atoms with Gasteiger partial charge in [-0.1, -0.05) is 23.7 Å². The van der Waals surface area contributed by atoms with Crippen LogP contribution in [0.3, 0.4) is 0 Å². The summed E-state index contributed by atoms with van der Waals surface area (Å²) in [5.74, 6) is -0.293. The zero-order valence-electron chi connectivity index (χ0n) is 20.6. The molecule has 9 heteroatoms. The van der Waals surface area contributed by atoms with E-state index in [-0.39, 0.29) is 16.9 Å². The highest BCUT2D eigenvalue weighted by Crippen LogP contribution is 2.41. The van der Waals surface area contributed by atoms with Gasteiger partial charge in [0.2, 0.25) is 0 Å². The molecule has 0 atom stereocenters. The van der Waals surface area contributed by atoms with Crippen LogP contribution in [0.15, 0.2) is 55.0 Å². The summed E-state index contributed by atoms with van der Waals surface area (Å²) in [6.07, 6.45) is 6.00. The molecule has 0 radical (unpaired) electrons. The number of amides is 1. The molecular formula is C28H27ClFN5O2. The van der Waals surface area contributed by atoms with Crippen molar-refractivity contribution in [3.05, 3.63) is 71.4 Å². The summed E-state index contributed by atoms with van der Waals surface area (Å²) in [5, 5.41) is 3.88. The molecule has 1 aliphatic rings. The molecule has 1 aliphatic heterocycles. The first kappa shape index (κ1) is 24.9. The highest BCUT2D eigenvalue weighted by molar-refractivity contribution is 6.34. The zero-order valence-corrected chi connectivity index (χ0v) is 21.3. The van der Waals surface area contributed by atoms with E-state index in [1.165, 1.54) is 25.4 Å². The number of carbonyl (C=O) groups excluding carboxylic acids is 1. The van der Waals surface area contributed by atoms with Crippen LogP contribution < -0.4 is 16.0 Å². The average Bonchev–Trinajstić information content (AvgIpc) is 2.88. The Balaban J connectivity index is 1.73. The van der Waals surface area contributed by atoms with Crippen molar-refractivity contribution in [3.63, 3.8) is 0 Å². The van der Waals surface area contributed by atoms with Gasteiger partial charge in [0.15, 0.2) is 0 Å². The van der Waals surface area contributed by atoms with E-state index in [9.17, 15) is 9.18 Å². The lowest BCUT2D eigenvalue weighted by Gasteiger charge is -2.34. The van der Waals surface area contributed by atoms with Gasteiger partial charge in [-0.25, -0.2) is 9.18 Å². The number of ether oxygens (including phenoxy) is 1. The summed E-state index contributed by atoms with van der Waals surface area (Å²) in [4.78, 5) is 23.3. The Labute approximate surface area is 219 Å². The second-order valence-electron chi connectivity index (χ2n) is 9.25. The number of hydrogen-bond donors (Lipinski definition) is 2. The number of piperidine rings is 1. The fourth-order valence-electron chi connectivity index (χ4n) is 4.85. The highest BCUT2D eigenvalue weighted by Gasteiger charge is 2.23. The first-order valence-corrected chi connectivity index (χ1v) is 12.4. The molecule has 1 fully saturated rings. The van der Waals surface area contributed by atoms with Crippen molar-refractivity contribution in [2.45, 2.75) is 25.8 Å². The van der Waals surface area contributed by atoms with Crippen molar-refractivity contribution < 1.29 is 13.9 Å². The smallest absolute Gasteiger partial charge is 0.411 e. The summed E-state index contributed by atoms with van der Waals surface area (Å²) < 4.78 is 19.2. The summed E-state index contributed by atoms with van der Waals surface area (Å²) in [6, 6.07) is 11.0. The maximum absolute atomic E-state index is 14.4. The normalized spacial score (nSPS) is 14.1. The molecule has 0 aliphatic carbocycles. The number of fused-ring (bicyclic) bond motifs is 1. The van der Waals surface area contributed by atoms with Crippen LogP contribution in [-0.4, -0.2) is 42.3 Å². The Bertz CT molecular complexity index is 1470. The number of rotatable bonds is 4. The largest absolute Gasteiger partial charge is 0.453 e. The molecule has 7 nitrogen and oxygen atoms in total. The number of aromatic nitrogens is 2. The number of methoxy groups -OCH3 is 1. The Hall–Kier alpha value is -3.75. The van der Waals surface area contributed by atoms with Gasteiger partial charge in [0.1, 0.15) is 5.82 Å². The van der Waals surface area contributed by atoms with Crippen LogP contribution in [0, 0.1) is 12.7 Å². The lowest BCUT2D eigenvalue weighted by Crippen LogP contribution is -2.40. The monoisotopic (exact) mass is 519 g/mol. The molecule has 0 bridgehead atoms. The van der Waals surface area contributed by atoms with Gasteiger partial charge < -0.3 is 15.4 Å². The Morgan fingerprint density at radius 1 is 1.11 bits per heavy atom. The van der Waals surface area contributed by atoms with Gasteiger partial charge >= 0.3 is 6.09 Å². The van der Waals surface area contributed by atoms with Gasteiger partial charge in [-0.05, 0) is 60.7 Å². The second kappa shape index (κ2) is 10.3. The number of benzene rings is 2. The molecule has 37 heavy (non-hydrogen) atoms. The van der Waals surface area contributed by atoms with Crippen molar-refractivity contribution in [2.24, 2.45) is 5.73 Å². The number of nitrogens with one attached hydrogen (secondary N) is 1. The summed E-state index contributed by atoms with van der Waals surface area (Å²) in [6.45, 7) is 3.43. The molecule has 1 saturated heterocycles. The molecule has 0 spiro atoms. The van der Waals surface area contributed by atoms with Crippen LogP contribution in [0.5, 0.6) is 0 Å². The predicted molar refractivity (Wildman–Crippen MR) is 146 cm³/mol. The van der Waals surface area contributed by atoms with E-state index in [0.717, 1.165) is 64.8 Å². The van der Waals surface area contributed by atoms with Crippen molar-refractivity contribution in [1.29, 1.82) is 0 Å². The maximum atomic E-state index is 14.4. The van der Waals surface area contributed by atoms with Gasteiger partial charge in [0.05, 0.1) is 29.0 Å². The lowest BCUT2D eigenvalue weighted by molar-refractivity contribution is 0.187. The molecule has 0 unspecified atom stereocenters. The minimum absolute atomic E-state index is 0.157. The molecule has 4 aromatic rings. The highest BCUT2D eigenvalue weighted by atomic mass is 35.5. The third kappa shape index (κ3) is 5.08. The first-order chi connectivity index (χ1) is 17.8. The predicted octanol–water partition coefficient (Wildman–Crippen LogP) is 6.17. The maximum Gasteiger partial charge on any atom is 0.411 e. The van der Waals surface area contributed by atoms with Crippen molar-refractivity contribution in [3.8, 4) is 22.3 Å². The number of pyridine rings is 2. The molecular weight excluding hydrogens is 493 g/mol. The van der Waals surface area contributed by atoms with E-state index >= 15 is 0 Å². The van der Waals surface area contributed by atoms with E-state index in [4.69, 9.17) is 27.1 Å². The fraction of sp³-hybridized carbons (Fsp3) is 0.250. The molecule has 190 valence electrons. The van der Waals surface area contributed by atoms with Gasteiger partial charge in [-0.2, -0.15) is 0 Å². The summed E-state index contributed by atoms with van der Waals surface area (Å²) >= 11 is 6.40. The van der Waals surface area contributed by atoms with Crippen LogP contribution in [0.1, 0.15) is 18.4 Å². The molecule has 3 N–H and O–H groups in total. The minimum Gasteiger partial charge on any atom is -0.453 e. The lowest BCUT2D eigenvalue weighted by atomic mass is 9.95. The first-order valence-electron chi connectivity index (χ1n) is 12.0. The van der Waals surface area contributed by atoms with Crippen LogP contribution in [0.4, 0.5) is 20.6 Å². The summed E-state index contributed by atoms with van der Waals surface area (Å²) in [7, 11) is 1.29. The quantitative estimate of drug-likeness (QED) is 0.335. The van der Waals surface area contributed by atoms with Crippen LogP contribution >= 0.6 is 11.6 Å². The van der Waals surface area contributed by atoms with E-state index in [0.29, 0.717) is 11.3 Å². The topological polar surface area (TPSA) is 93.4 Å². The third-order valence-electron chi connectivity index (χ3n) is 6.67. The number of nitrogens with zero attached hydrogens (tertiary/aromatic N) is 3. The van der Waals surface area contributed by atoms with E-state index < -0.39 is 6.09 Å². The molecule has 2 aromatic carbocycles. The molecule has 0 saturated carbocycles. The van der Waals surface area contributed by atoms with Gasteiger partial charge in [-0.15, -0.1) is 0 Å². The fourth-order valence-corrected chi connectivity index (χ4v) is 5.05. The van der Waals surface area contributed by atoms with E-state index in [2.05, 4.69) is 15.2 Å². The van der Waals surface area contributed by atoms with E-state index in [1.54, 1.807) is 6.20 Å². The Morgan fingerprint density at radius 3 is 2.62 bits per heavy atom. The van der Waals surface area contributed by atoms with Crippen LogP contribution in [-0.2, 0) is 4.74 Å². The standard InChI is InChI=1S/C28H27ClFN5O2/c1-16-9-18(11-19(30)10-16)23-14-33-25-4-3-17(12-21(25)27(23)35-7-5-20(31)6-8-35)22-13-32-15-24(29)26(22)34-28(36)37-2/h3-4,9-15,20H,5-8,31H2,1-2H3,(H,32,34,36).